The van der Waals surface area contributed by atoms with Gasteiger partial charge in [-0.1, -0.05) is 24.3 Å². The topological polar surface area (TPSA) is 95.9 Å². The van der Waals surface area contributed by atoms with Gasteiger partial charge in [0.25, 0.3) is 5.91 Å². The summed E-state index contributed by atoms with van der Waals surface area (Å²) in [6.07, 6.45) is 3.75. The van der Waals surface area contributed by atoms with Crippen LogP contribution < -0.4 is 5.32 Å². The molecule has 2 atom stereocenters. The van der Waals surface area contributed by atoms with Gasteiger partial charge in [-0.2, -0.15) is 5.10 Å². The average Bonchev–Trinajstić information content (AvgIpc) is 3.02. The van der Waals surface area contributed by atoms with Crippen LogP contribution in [0.25, 0.3) is 0 Å². The normalized spacial score (nSPS) is 27.0. The first kappa shape index (κ1) is 18.2. The Balaban J connectivity index is 1.50. The van der Waals surface area contributed by atoms with Crippen LogP contribution in [0.1, 0.15) is 49.3 Å². The number of fused-ring (bicyclic) bond motifs is 1. The number of aryl methyl sites for hydroxylation is 1. The lowest BCUT2D eigenvalue weighted by molar-refractivity contribution is -0.133. The predicted molar refractivity (Wildman–Crippen MR) is 101 cm³/mol. The zero-order chi connectivity index (χ0) is 19.0. The first-order valence-electron chi connectivity index (χ1n) is 9.41. The number of carbonyl (C=O) groups excluding carboxylic acids is 2. The molecule has 4 rings (SSSR count). The fourth-order valence-corrected chi connectivity index (χ4v) is 5.83. The van der Waals surface area contributed by atoms with Gasteiger partial charge in [0.2, 0.25) is 5.91 Å². The number of rotatable bonds is 3. The maximum atomic E-state index is 12.8. The summed E-state index contributed by atoms with van der Waals surface area (Å²) in [7, 11) is -3.13. The summed E-state index contributed by atoms with van der Waals surface area (Å²) in [5.74, 6) is -0.489. The minimum Gasteiger partial charge on any atom is -0.344 e. The Kier molecular flexibility index (Phi) is 4.75. The Morgan fingerprint density at radius 2 is 1.96 bits per heavy atom. The Morgan fingerprint density at radius 3 is 2.74 bits per heavy atom. The smallest absolute Gasteiger partial charge is 0.267 e. The molecule has 27 heavy (non-hydrogen) atoms. The molecule has 0 unspecified atom stereocenters. The summed E-state index contributed by atoms with van der Waals surface area (Å²) in [5, 5.41) is 8.55. The largest absolute Gasteiger partial charge is 0.344 e. The Morgan fingerprint density at radius 1 is 1.15 bits per heavy atom. The van der Waals surface area contributed by atoms with Crippen molar-refractivity contribution in [3.63, 3.8) is 0 Å². The standard InChI is InChI=1S/C19H23N3O4S/c23-18-9-8-17(21-22(18)14-10-11-27(25,26)12-14)19(24)20-16-7-3-5-13-4-1-2-6-15(13)16/h1-2,4,6,14,16H,3,5,7-12H2,(H,20,24)/t14-,16-/m0/s1. The molecule has 1 aromatic carbocycles. The van der Waals surface area contributed by atoms with E-state index in [1.165, 1.54) is 10.6 Å². The molecule has 144 valence electrons. The van der Waals surface area contributed by atoms with Gasteiger partial charge in [0.1, 0.15) is 5.71 Å². The maximum absolute atomic E-state index is 12.8. The maximum Gasteiger partial charge on any atom is 0.267 e. The molecule has 1 N–H and O–H groups in total. The molecule has 8 heteroatoms. The SMILES string of the molecule is O=C(N[C@H]1CCCc2ccccc21)C1=NN([C@H]2CCS(=O)(=O)C2)C(=O)CC1. The summed E-state index contributed by atoms with van der Waals surface area (Å²) < 4.78 is 23.4. The zero-order valence-electron chi connectivity index (χ0n) is 15.1. The second-order valence-corrected chi connectivity index (χ2v) is 9.69. The van der Waals surface area contributed by atoms with E-state index in [0.717, 1.165) is 24.8 Å². The third-order valence-corrected chi connectivity index (χ3v) is 7.30. The number of hydrazone groups is 1. The minimum atomic E-state index is -3.13. The molecule has 7 nitrogen and oxygen atoms in total. The van der Waals surface area contributed by atoms with Gasteiger partial charge in [-0.05, 0) is 36.8 Å². The second-order valence-electron chi connectivity index (χ2n) is 7.46. The molecule has 1 saturated heterocycles. The lowest BCUT2D eigenvalue weighted by Crippen LogP contribution is -2.44. The molecule has 2 heterocycles. The van der Waals surface area contributed by atoms with Crippen molar-refractivity contribution < 1.29 is 18.0 Å². The van der Waals surface area contributed by atoms with E-state index in [2.05, 4.69) is 16.5 Å². The number of hydrogen-bond acceptors (Lipinski definition) is 5. The molecule has 3 aliphatic rings. The first-order chi connectivity index (χ1) is 12.9. The van der Waals surface area contributed by atoms with E-state index in [4.69, 9.17) is 0 Å². The molecule has 0 radical (unpaired) electrons. The van der Waals surface area contributed by atoms with Gasteiger partial charge in [0, 0.05) is 12.8 Å². The van der Waals surface area contributed by atoms with Crippen LogP contribution in [-0.2, 0) is 25.8 Å². The van der Waals surface area contributed by atoms with E-state index in [1.54, 1.807) is 0 Å². The highest BCUT2D eigenvalue weighted by molar-refractivity contribution is 7.91. The lowest BCUT2D eigenvalue weighted by atomic mass is 9.87. The molecule has 1 fully saturated rings. The highest BCUT2D eigenvalue weighted by atomic mass is 32.2. The summed E-state index contributed by atoms with van der Waals surface area (Å²) in [6, 6.07) is 7.60. The van der Waals surface area contributed by atoms with Gasteiger partial charge in [-0.15, -0.1) is 0 Å². The van der Waals surface area contributed by atoms with Gasteiger partial charge >= 0.3 is 0 Å². The van der Waals surface area contributed by atoms with Gasteiger partial charge in [0.15, 0.2) is 9.84 Å². The quantitative estimate of drug-likeness (QED) is 0.844. The average molecular weight is 389 g/mol. The summed E-state index contributed by atoms with van der Waals surface area (Å²) in [6.45, 7) is 0. The van der Waals surface area contributed by atoms with E-state index in [1.807, 2.05) is 18.2 Å². The van der Waals surface area contributed by atoms with E-state index in [9.17, 15) is 18.0 Å². The molecule has 0 spiro atoms. The molecular weight excluding hydrogens is 366 g/mol. The number of benzene rings is 1. The predicted octanol–water partition coefficient (Wildman–Crippen LogP) is 1.35. The Bertz CT molecular complexity index is 909. The number of hydrogen-bond donors (Lipinski definition) is 1. The van der Waals surface area contributed by atoms with Gasteiger partial charge in [0.05, 0.1) is 23.6 Å². The molecule has 1 aromatic rings. The van der Waals surface area contributed by atoms with Crippen LogP contribution in [0, 0.1) is 0 Å². The second kappa shape index (κ2) is 7.07. The Hall–Kier alpha value is -2.22. The third kappa shape index (κ3) is 3.76. The van der Waals surface area contributed by atoms with Gasteiger partial charge in [-0.25, -0.2) is 13.4 Å². The van der Waals surface area contributed by atoms with Crippen LogP contribution >= 0.6 is 0 Å². The first-order valence-corrected chi connectivity index (χ1v) is 11.2. The number of sulfone groups is 1. The molecular formula is C19H23N3O4S. The van der Waals surface area contributed by atoms with Crippen LogP contribution in [0.15, 0.2) is 29.4 Å². The molecule has 2 amide bonds. The van der Waals surface area contributed by atoms with Crippen LogP contribution in [0.5, 0.6) is 0 Å². The molecule has 0 bridgehead atoms. The van der Waals surface area contributed by atoms with E-state index in [-0.39, 0.29) is 42.2 Å². The Labute approximate surface area is 158 Å². The van der Waals surface area contributed by atoms with Crippen LogP contribution in [0.3, 0.4) is 0 Å². The summed E-state index contributed by atoms with van der Waals surface area (Å²) in [5.41, 5.74) is 2.71. The van der Waals surface area contributed by atoms with Crippen molar-refractivity contribution in [2.45, 2.75) is 50.6 Å². The van der Waals surface area contributed by atoms with Crippen molar-refractivity contribution in [1.82, 2.24) is 10.3 Å². The number of carbonyl (C=O) groups is 2. The van der Waals surface area contributed by atoms with Crippen LogP contribution in [0.4, 0.5) is 0 Å². The minimum absolute atomic E-state index is 0.0527. The molecule has 1 aliphatic carbocycles. The summed E-state index contributed by atoms with van der Waals surface area (Å²) >= 11 is 0. The van der Waals surface area contributed by atoms with Crippen LogP contribution in [0.2, 0.25) is 0 Å². The van der Waals surface area contributed by atoms with Gasteiger partial charge < -0.3 is 5.32 Å². The van der Waals surface area contributed by atoms with E-state index >= 15 is 0 Å². The van der Waals surface area contributed by atoms with Crippen molar-refractivity contribution in [2.75, 3.05) is 11.5 Å². The van der Waals surface area contributed by atoms with Crippen molar-refractivity contribution in [2.24, 2.45) is 5.10 Å². The highest BCUT2D eigenvalue weighted by Gasteiger charge is 2.37. The van der Waals surface area contributed by atoms with Crippen molar-refractivity contribution >= 4 is 27.4 Å². The van der Waals surface area contributed by atoms with Crippen molar-refractivity contribution in [1.29, 1.82) is 0 Å². The lowest BCUT2D eigenvalue weighted by Gasteiger charge is -2.29. The van der Waals surface area contributed by atoms with Crippen LogP contribution in [-0.4, -0.2) is 48.5 Å². The number of nitrogens with zero attached hydrogens (tertiary/aromatic N) is 2. The number of nitrogens with one attached hydrogen (secondary N) is 1. The number of amides is 2. The molecule has 2 aliphatic heterocycles. The van der Waals surface area contributed by atoms with Crippen molar-refractivity contribution in [3.8, 4) is 0 Å². The monoisotopic (exact) mass is 389 g/mol. The third-order valence-electron chi connectivity index (χ3n) is 5.55. The fourth-order valence-electron chi connectivity index (χ4n) is 4.13. The summed E-state index contributed by atoms with van der Waals surface area (Å²) in [4.78, 5) is 25.0. The highest BCUT2D eigenvalue weighted by Crippen LogP contribution is 2.29. The van der Waals surface area contributed by atoms with E-state index in [0.29, 0.717) is 12.1 Å². The molecule has 0 saturated carbocycles. The zero-order valence-corrected chi connectivity index (χ0v) is 15.9. The van der Waals surface area contributed by atoms with Crippen molar-refractivity contribution in [3.05, 3.63) is 35.4 Å². The fraction of sp³-hybridized carbons (Fsp3) is 0.526. The molecule has 0 aromatic heterocycles. The van der Waals surface area contributed by atoms with E-state index < -0.39 is 15.9 Å². The van der Waals surface area contributed by atoms with Gasteiger partial charge in [-0.3, -0.25) is 9.59 Å².